The number of benzene rings is 1. The first kappa shape index (κ1) is 15.6. The largest absolute Gasteiger partial charge is 0.386 e. The number of anilines is 1. The molecule has 0 spiro atoms. The van der Waals surface area contributed by atoms with Crippen molar-refractivity contribution in [3.05, 3.63) is 52.9 Å². The third kappa shape index (κ3) is 3.55. The smallest absolute Gasteiger partial charge is 0.319 e. The van der Waals surface area contributed by atoms with Crippen LogP contribution in [-0.4, -0.2) is 22.2 Å². The van der Waals surface area contributed by atoms with Crippen molar-refractivity contribution in [3.8, 4) is 0 Å². The van der Waals surface area contributed by atoms with Crippen molar-refractivity contribution in [3.63, 3.8) is 0 Å². The van der Waals surface area contributed by atoms with Gasteiger partial charge in [0.1, 0.15) is 6.10 Å². The molecule has 0 saturated carbocycles. The molecule has 3 rings (SSSR count). The normalized spacial score (nSPS) is 12.3. The van der Waals surface area contributed by atoms with Crippen molar-refractivity contribution in [2.75, 3.05) is 11.9 Å². The van der Waals surface area contributed by atoms with Gasteiger partial charge in [-0.25, -0.2) is 4.79 Å². The predicted molar refractivity (Wildman–Crippen MR) is 93.9 cm³/mol. The molecular formula is C17H19N3O2S. The van der Waals surface area contributed by atoms with Gasteiger partial charge in [0.2, 0.25) is 0 Å². The van der Waals surface area contributed by atoms with Gasteiger partial charge in [-0.2, -0.15) is 0 Å². The van der Waals surface area contributed by atoms with Gasteiger partial charge in [0.15, 0.2) is 0 Å². The van der Waals surface area contributed by atoms with E-state index in [0.29, 0.717) is 0 Å². The first-order valence-electron chi connectivity index (χ1n) is 7.52. The molecule has 5 nitrogen and oxygen atoms in total. The number of fused-ring (bicyclic) bond motifs is 1. The highest BCUT2D eigenvalue weighted by Crippen LogP contribution is 2.21. The van der Waals surface area contributed by atoms with Crippen LogP contribution in [0.1, 0.15) is 17.9 Å². The zero-order valence-corrected chi connectivity index (χ0v) is 13.6. The van der Waals surface area contributed by atoms with E-state index in [9.17, 15) is 9.90 Å². The molecule has 0 aliphatic carbocycles. The molecule has 120 valence electrons. The minimum atomic E-state index is -0.680. The number of urea groups is 1. The van der Waals surface area contributed by atoms with Gasteiger partial charge in [0, 0.05) is 23.3 Å². The number of aliphatic hydroxyl groups is 1. The first-order valence-corrected chi connectivity index (χ1v) is 8.40. The predicted octanol–water partition coefficient (Wildman–Crippen LogP) is 3.58. The Hall–Kier alpha value is -2.31. The lowest BCUT2D eigenvalue weighted by Gasteiger charge is -2.11. The van der Waals surface area contributed by atoms with Crippen LogP contribution in [0.5, 0.6) is 0 Å². The topological polar surface area (TPSA) is 66.3 Å². The van der Waals surface area contributed by atoms with E-state index >= 15 is 0 Å². The minimum absolute atomic E-state index is 0.180. The number of carbonyl (C=O) groups excluding carboxylic acids is 1. The Morgan fingerprint density at radius 3 is 2.96 bits per heavy atom. The monoisotopic (exact) mass is 329 g/mol. The standard InChI is InChI=1S/C17H19N3O2S/c1-2-20-8-7-12-5-6-13(10-14(12)20)19-17(22)18-11-15(21)16-4-3-9-23-16/h3-10,15,21H,2,11H2,1H3,(H2,18,19,22)/t15-/m0/s1. The molecule has 23 heavy (non-hydrogen) atoms. The Morgan fingerprint density at radius 1 is 1.35 bits per heavy atom. The minimum Gasteiger partial charge on any atom is -0.386 e. The summed E-state index contributed by atoms with van der Waals surface area (Å²) < 4.78 is 2.12. The van der Waals surface area contributed by atoms with E-state index in [-0.39, 0.29) is 12.6 Å². The van der Waals surface area contributed by atoms with Gasteiger partial charge in [0.05, 0.1) is 12.1 Å². The highest BCUT2D eigenvalue weighted by molar-refractivity contribution is 7.10. The number of rotatable bonds is 5. The summed E-state index contributed by atoms with van der Waals surface area (Å²) in [5, 5.41) is 18.5. The summed E-state index contributed by atoms with van der Waals surface area (Å²) in [6.45, 7) is 3.14. The Morgan fingerprint density at radius 2 is 2.22 bits per heavy atom. The highest BCUT2D eigenvalue weighted by Gasteiger charge is 2.10. The molecule has 2 amide bonds. The van der Waals surface area contributed by atoms with Crippen LogP contribution in [0.25, 0.3) is 10.9 Å². The number of nitrogens with zero attached hydrogens (tertiary/aromatic N) is 1. The summed E-state index contributed by atoms with van der Waals surface area (Å²) in [4.78, 5) is 12.8. The lowest BCUT2D eigenvalue weighted by molar-refractivity contribution is 0.178. The lowest BCUT2D eigenvalue weighted by atomic mass is 10.2. The summed E-state index contributed by atoms with van der Waals surface area (Å²) in [5.41, 5.74) is 1.82. The van der Waals surface area contributed by atoms with Gasteiger partial charge in [-0.05, 0) is 42.0 Å². The van der Waals surface area contributed by atoms with Crippen LogP contribution in [0.2, 0.25) is 0 Å². The maximum atomic E-state index is 12.0. The Kier molecular flexibility index (Phi) is 4.64. The van der Waals surface area contributed by atoms with E-state index < -0.39 is 6.10 Å². The molecule has 0 unspecified atom stereocenters. The molecule has 0 aliphatic rings. The zero-order chi connectivity index (χ0) is 16.2. The molecule has 0 saturated heterocycles. The number of aliphatic hydroxyl groups excluding tert-OH is 1. The van der Waals surface area contributed by atoms with Crippen molar-refractivity contribution in [2.45, 2.75) is 19.6 Å². The third-order valence-corrected chi connectivity index (χ3v) is 4.67. The Bertz CT molecular complexity index is 795. The molecular weight excluding hydrogens is 310 g/mol. The quantitative estimate of drug-likeness (QED) is 0.670. The lowest BCUT2D eigenvalue weighted by Crippen LogP contribution is -2.32. The van der Waals surface area contributed by atoms with Crippen molar-refractivity contribution < 1.29 is 9.90 Å². The highest BCUT2D eigenvalue weighted by atomic mass is 32.1. The average Bonchev–Trinajstić information content (AvgIpc) is 3.21. The number of nitrogens with one attached hydrogen (secondary N) is 2. The van der Waals surface area contributed by atoms with E-state index in [1.54, 1.807) is 0 Å². The molecule has 2 aromatic heterocycles. The van der Waals surface area contributed by atoms with Crippen LogP contribution < -0.4 is 10.6 Å². The summed E-state index contributed by atoms with van der Waals surface area (Å²) in [6.07, 6.45) is 1.35. The summed E-state index contributed by atoms with van der Waals surface area (Å²) >= 11 is 1.47. The van der Waals surface area contributed by atoms with E-state index in [2.05, 4.69) is 28.2 Å². The first-order chi connectivity index (χ1) is 11.2. The molecule has 2 heterocycles. The molecule has 3 N–H and O–H groups in total. The number of hydrogen-bond donors (Lipinski definition) is 3. The number of aromatic nitrogens is 1. The fourth-order valence-electron chi connectivity index (χ4n) is 2.48. The third-order valence-electron chi connectivity index (χ3n) is 3.70. The van der Waals surface area contributed by atoms with Crippen molar-refractivity contribution >= 4 is 34.0 Å². The molecule has 0 bridgehead atoms. The zero-order valence-electron chi connectivity index (χ0n) is 12.8. The summed E-state index contributed by atoms with van der Waals surface area (Å²) in [6, 6.07) is 11.3. The van der Waals surface area contributed by atoms with Gasteiger partial charge in [-0.15, -0.1) is 11.3 Å². The van der Waals surface area contributed by atoms with Crippen LogP contribution in [0.4, 0.5) is 10.5 Å². The van der Waals surface area contributed by atoms with Gasteiger partial charge in [0.25, 0.3) is 0 Å². The molecule has 0 radical (unpaired) electrons. The number of carbonyl (C=O) groups is 1. The van der Waals surface area contributed by atoms with Crippen molar-refractivity contribution in [1.82, 2.24) is 9.88 Å². The van der Waals surface area contributed by atoms with Gasteiger partial charge in [-0.3, -0.25) is 0 Å². The average molecular weight is 329 g/mol. The fourth-order valence-corrected chi connectivity index (χ4v) is 3.20. The Labute approximate surface area is 138 Å². The molecule has 3 aromatic rings. The maximum absolute atomic E-state index is 12.0. The summed E-state index contributed by atoms with van der Waals surface area (Å²) in [5.74, 6) is 0. The molecule has 0 aliphatic heterocycles. The SMILES string of the molecule is CCn1ccc2ccc(NC(=O)NC[C@H](O)c3cccs3)cc21. The summed E-state index contributed by atoms with van der Waals surface area (Å²) in [7, 11) is 0. The Balaban J connectivity index is 1.61. The van der Waals surface area contributed by atoms with Crippen molar-refractivity contribution in [1.29, 1.82) is 0 Å². The van der Waals surface area contributed by atoms with E-state index in [1.165, 1.54) is 11.3 Å². The maximum Gasteiger partial charge on any atom is 0.319 e. The fraction of sp³-hybridized carbons (Fsp3) is 0.235. The number of thiophene rings is 1. The molecule has 0 fully saturated rings. The number of amides is 2. The second-order valence-corrected chi connectivity index (χ2v) is 6.22. The van der Waals surface area contributed by atoms with Crippen LogP contribution >= 0.6 is 11.3 Å². The van der Waals surface area contributed by atoms with Crippen molar-refractivity contribution in [2.24, 2.45) is 0 Å². The van der Waals surface area contributed by atoms with Gasteiger partial charge in [-0.1, -0.05) is 12.1 Å². The van der Waals surface area contributed by atoms with E-state index in [4.69, 9.17) is 0 Å². The van der Waals surface area contributed by atoms with Gasteiger partial charge >= 0.3 is 6.03 Å². The molecule has 1 aromatic carbocycles. The van der Waals surface area contributed by atoms with E-state index in [0.717, 1.165) is 28.0 Å². The number of hydrogen-bond acceptors (Lipinski definition) is 3. The second kappa shape index (κ2) is 6.85. The van der Waals surface area contributed by atoms with Crippen LogP contribution in [-0.2, 0) is 6.54 Å². The van der Waals surface area contributed by atoms with Crippen LogP contribution in [0, 0.1) is 0 Å². The van der Waals surface area contributed by atoms with Gasteiger partial charge < -0.3 is 20.3 Å². The number of aryl methyl sites for hydroxylation is 1. The second-order valence-electron chi connectivity index (χ2n) is 5.24. The van der Waals surface area contributed by atoms with Crippen LogP contribution in [0.15, 0.2) is 48.0 Å². The van der Waals surface area contributed by atoms with E-state index in [1.807, 2.05) is 41.9 Å². The molecule has 6 heteroatoms. The van der Waals surface area contributed by atoms with Crippen LogP contribution in [0.3, 0.4) is 0 Å². The molecule has 1 atom stereocenters.